The molecule has 0 amide bonds. The van der Waals surface area contributed by atoms with Crippen LogP contribution in [0.25, 0.3) is 0 Å². The molecule has 90 valence electrons. The first-order valence-electron chi connectivity index (χ1n) is 5.22. The third-order valence-corrected chi connectivity index (χ3v) is 2.98. The lowest BCUT2D eigenvalue weighted by atomic mass is 9.84. The molecule has 0 aliphatic rings. The molecule has 3 N–H and O–H groups in total. The van der Waals surface area contributed by atoms with Crippen molar-refractivity contribution in [2.45, 2.75) is 58.7 Å². The average molecular weight is 217 g/mol. The van der Waals surface area contributed by atoms with Crippen molar-refractivity contribution in [2.75, 3.05) is 0 Å². The monoisotopic (exact) mass is 217 g/mol. The van der Waals surface area contributed by atoms with E-state index >= 15 is 0 Å². The van der Waals surface area contributed by atoms with Gasteiger partial charge in [0.1, 0.15) is 6.04 Å². The van der Waals surface area contributed by atoms with Crippen LogP contribution < -0.4 is 5.32 Å². The van der Waals surface area contributed by atoms with E-state index in [2.05, 4.69) is 5.32 Å². The molecule has 0 aromatic carbocycles. The molecule has 1 atom stereocenters. The normalized spacial score (nSPS) is 15.5. The van der Waals surface area contributed by atoms with E-state index in [1.807, 2.05) is 13.8 Å². The Morgan fingerprint density at radius 1 is 1.20 bits per heavy atom. The van der Waals surface area contributed by atoms with Crippen LogP contribution in [0.2, 0.25) is 0 Å². The third-order valence-electron chi connectivity index (χ3n) is 2.98. The zero-order valence-electron chi connectivity index (χ0n) is 10.5. The number of hydrogen-bond donors (Lipinski definition) is 3. The van der Waals surface area contributed by atoms with Gasteiger partial charge in [-0.25, -0.2) is 0 Å². The molecular weight excluding hydrogens is 194 g/mol. The molecule has 0 fully saturated rings. The highest BCUT2D eigenvalue weighted by Gasteiger charge is 2.38. The molecule has 15 heavy (non-hydrogen) atoms. The minimum atomic E-state index is -0.977. The molecule has 0 heterocycles. The fourth-order valence-electron chi connectivity index (χ4n) is 1.08. The maximum absolute atomic E-state index is 11.0. The molecule has 0 aliphatic carbocycles. The summed E-state index contributed by atoms with van der Waals surface area (Å²) in [4.78, 5) is 11.0. The van der Waals surface area contributed by atoms with Gasteiger partial charge in [0.15, 0.2) is 0 Å². The van der Waals surface area contributed by atoms with E-state index in [-0.39, 0.29) is 5.92 Å². The summed E-state index contributed by atoms with van der Waals surface area (Å²) in [5.74, 6) is -0.911. The van der Waals surface area contributed by atoms with Crippen molar-refractivity contribution in [3.8, 4) is 0 Å². The van der Waals surface area contributed by atoms with Crippen LogP contribution in [-0.2, 0) is 4.79 Å². The highest BCUT2D eigenvalue weighted by Crippen LogP contribution is 2.22. The summed E-state index contributed by atoms with van der Waals surface area (Å²) in [6.07, 6.45) is 0. The van der Waals surface area contributed by atoms with Crippen molar-refractivity contribution < 1.29 is 15.0 Å². The number of aliphatic carboxylic acids is 1. The summed E-state index contributed by atoms with van der Waals surface area (Å²) in [6.45, 7) is 10.6. The minimum absolute atomic E-state index is 0.0240. The van der Waals surface area contributed by atoms with Gasteiger partial charge in [0.05, 0.1) is 5.60 Å². The van der Waals surface area contributed by atoms with E-state index in [1.54, 1.807) is 27.7 Å². The second kappa shape index (κ2) is 4.49. The average Bonchev–Trinajstić information content (AvgIpc) is 1.96. The molecular formula is C11H23NO3. The number of carboxylic acid groups (broad SMARTS) is 1. The van der Waals surface area contributed by atoms with Gasteiger partial charge in [-0.05, 0) is 33.6 Å². The van der Waals surface area contributed by atoms with Crippen LogP contribution in [0.15, 0.2) is 0 Å². The van der Waals surface area contributed by atoms with Gasteiger partial charge in [-0.2, -0.15) is 0 Å². The van der Waals surface area contributed by atoms with E-state index in [9.17, 15) is 9.90 Å². The fourth-order valence-corrected chi connectivity index (χ4v) is 1.08. The first kappa shape index (κ1) is 14.4. The van der Waals surface area contributed by atoms with Crippen LogP contribution >= 0.6 is 0 Å². The molecule has 0 spiro atoms. The Balaban J connectivity index is 4.75. The van der Waals surface area contributed by atoms with Crippen molar-refractivity contribution in [1.29, 1.82) is 0 Å². The van der Waals surface area contributed by atoms with E-state index in [1.165, 1.54) is 0 Å². The van der Waals surface area contributed by atoms with Gasteiger partial charge in [-0.15, -0.1) is 0 Å². The summed E-state index contributed by atoms with van der Waals surface area (Å²) in [7, 11) is 0. The minimum Gasteiger partial charge on any atom is -0.480 e. The summed E-state index contributed by atoms with van der Waals surface area (Å²) in [5.41, 5.74) is -1.63. The third kappa shape index (κ3) is 3.80. The number of aliphatic hydroxyl groups is 1. The highest BCUT2D eigenvalue weighted by molar-refractivity contribution is 5.73. The molecule has 0 saturated heterocycles. The summed E-state index contributed by atoms with van der Waals surface area (Å²) >= 11 is 0. The second-order valence-electron chi connectivity index (χ2n) is 5.39. The van der Waals surface area contributed by atoms with Gasteiger partial charge in [0.2, 0.25) is 0 Å². The molecule has 0 rings (SSSR count). The zero-order valence-corrected chi connectivity index (χ0v) is 10.5. The van der Waals surface area contributed by atoms with Crippen LogP contribution in [-0.4, -0.2) is 33.4 Å². The summed E-state index contributed by atoms with van der Waals surface area (Å²) in [6, 6.07) is -0.647. The van der Waals surface area contributed by atoms with E-state index in [0.717, 1.165) is 0 Å². The molecule has 1 unspecified atom stereocenters. The van der Waals surface area contributed by atoms with Gasteiger partial charge in [0, 0.05) is 5.54 Å². The van der Waals surface area contributed by atoms with E-state index < -0.39 is 23.2 Å². The Morgan fingerprint density at radius 3 is 1.80 bits per heavy atom. The Morgan fingerprint density at radius 2 is 1.60 bits per heavy atom. The number of carbonyl (C=O) groups is 1. The molecule has 0 aromatic rings. The van der Waals surface area contributed by atoms with Crippen molar-refractivity contribution in [2.24, 2.45) is 5.92 Å². The number of carboxylic acids is 1. The van der Waals surface area contributed by atoms with Crippen molar-refractivity contribution >= 4 is 5.97 Å². The molecule has 0 saturated carbocycles. The number of rotatable bonds is 5. The molecule has 0 radical (unpaired) electrons. The molecule has 0 aromatic heterocycles. The lowest BCUT2D eigenvalue weighted by molar-refractivity contribution is -0.142. The van der Waals surface area contributed by atoms with Gasteiger partial charge in [0.25, 0.3) is 0 Å². The lowest BCUT2D eigenvalue weighted by Crippen LogP contribution is -2.61. The molecule has 4 heteroatoms. The zero-order chi connectivity index (χ0) is 12.4. The molecule has 0 bridgehead atoms. The largest absolute Gasteiger partial charge is 0.480 e. The van der Waals surface area contributed by atoms with Crippen LogP contribution in [0.1, 0.15) is 41.5 Å². The Kier molecular flexibility index (Phi) is 4.31. The second-order valence-corrected chi connectivity index (χ2v) is 5.39. The van der Waals surface area contributed by atoms with Crippen molar-refractivity contribution in [3.05, 3.63) is 0 Å². The lowest BCUT2D eigenvalue weighted by Gasteiger charge is -2.41. The number of hydrogen-bond acceptors (Lipinski definition) is 3. The van der Waals surface area contributed by atoms with Crippen molar-refractivity contribution in [1.82, 2.24) is 5.32 Å². The van der Waals surface area contributed by atoms with Gasteiger partial charge >= 0.3 is 5.97 Å². The van der Waals surface area contributed by atoms with Crippen LogP contribution in [0.3, 0.4) is 0 Å². The van der Waals surface area contributed by atoms with Crippen LogP contribution in [0, 0.1) is 5.92 Å². The predicted molar refractivity (Wildman–Crippen MR) is 59.8 cm³/mol. The standard InChI is InChI=1S/C11H23NO3/c1-7(2)8(9(13)14)12-10(3,4)11(5,6)15/h7-8,12,15H,1-6H3,(H,13,14). The topological polar surface area (TPSA) is 69.6 Å². The van der Waals surface area contributed by atoms with E-state index in [4.69, 9.17) is 5.11 Å². The molecule has 4 nitrogen and oxygen atoms in total. The Hall–Kier alpha value is -0.610. The predicted octanol–water partition coefficient (Wildman–Crippen LogP) is 1.23. The fraction of sp³-hybridized carbons (Fsp3) is 0.909. The number of nitrogens with one attached hydrogen (secondary N) is 1. The SMILES string of the molecule is CC(C)C(NC(C)(C)C(C)(C)O)C(=O)O. The maximum atomic E-state index is 11.0. The van der Waals surface area contributed by atoms with Gasteiger partial charge in [-0.3, -0.25) is 10.1 Å². The quantitative estimate of drug-likeness (QED) is 0.648. The smallest absolute Gasteiger partial charge is 0.320 e. The summed E-state index contributed by atoms with van der Waals surface area (Å²) < 4.78 is 0. The Bertz CT molecular complexity index is 228. The summed E-state index contributed by atoms with van der Waals surface area (Å²) in [5, 5.41) is 21.9. The van der Waals surface area contributed by atoms with Crippen LogP contribution in [0.4, 0.5) is 0 Å². The molecule has 0 aliphatic heterocycles. The highest BCUT2D eigenvalue weighted by atomic mass is 16.4. The first-order chi connectivity index (χ1) is 6.49. The maximum Gasteiger partial charge on any atom is 0.320 e. The van der Waals surface area contributed by atoms with Gasteiger partial charge in [-0.1, -0.05) is 13.8 Å². The van der Waals surface area contributed by atoms with E-state index in [0.29, 0.717) is 0 Å². The van der Waals surface area contributed by atoms with Crippen molar-refractivity contribution in [3.63, 3.8) is 0 Å². The first-order valence-corrected chi connectivity index (χ1v) is 5.22. The van der Waals surface area contributed by atoms with Crippen LogP contribution in [0.5, 0.6) is 0 Å². The van der Waals surface area contributed by atoms with Gasteiger partial charge < -0.3 is 10.2 Å². The Labute approximate surface area is 91.7 Å².